The fourth-order valence-electron chi connectivity index (χ4n) is 2.04. The normalized spacial score (nSPS) is 10.5. The number of rotatable bonds is 4. The van der Waals surface area contributed by atoms with E-state index in [1.54, 1.807) is 11.3 Å². The van der Waals surface area contributed by atoms with Crippen molar-refractivity contribution >= 4 is 22.9 Å². The van der Waals surface area contributed by atoms with Crippen LogP contribution in [0.1, 0.15) is 16.0 Å². The predicted molar refractivity (Wildman–Crippen MR) is 86.8 cm³/mol. The molecule has 0 unspecified atom stereocenters. The first kappa shape index (κ1) is 16.0. The lowest BCUT2D eigenvalue weighted by Gasteiger charge is -2.16. The van der Waals surface area contributed by atoms with E-state index in [1.807, 2.05) is 25.2 Å². The zero-order valence-corrected chi connectivity index (χ0v) is 13.3. The number of nitrogens with zero attached hydrogens (tertiary/aromatic N) is 1. The van der Waals surface area contributed by atoms with Crippen LogP contribution in [0, 0.1) is 17.7 Å². The molecular weight excluding hydrogens is 307 g/mol. The Morgan fingerprint density at radius 2 is 2.10 bits per heavy atom. The summed E-state index contributed by atoms with van der Waals surface area (Å²) >= 11 is 7.48. The molecule has 1 aromatic carbocycles. The van der Waals surface area contributed by atoms with Gasteiger partial charge in [-0.2, -0.15) is 0 Å². The molecule has 0 aliphatic rings. The van der Waals surface area contributed by atoms with E-state index >= 15 is 0 Å². The van der Waals surface area contributed by atoms with Crippen molar-refractivity contribution in [2.75, 3.05) is 13.6 Å². The summed E-state index contributed by atoms with van der Waals surface area (Å²) < 4.78 is 14.4. The number of hydrogen-bond donors (Lipinski definition) is 1. The van der Waals surface area contributed by atoms with Crippen molar-refractivity contribution in [3.05, 3.63) is 56.5 Å². The number of benzene rings is 1. The molecule has 2 nitrogen and oxygen atoms in total. The van der Waals surface area contributed by atoms with Gasteiger partial charge >= 0.3 is 0 Å². The van der Waals surface area contributed by atoms with Crippen LogP contribution in [0.4, 0.5) is 4.39 Å². The van der Waals surface area contributed by atoms with Crippen LogP contribution < -0.4 is 5.73 Å². The summed E-state index contributed by atoms with van der Waals surface area (Å²) in [7, 11) is 1.99. The summed E-state index contributed by atoms with van der Waals surface area (Å²) in [6.07, 6.45) is 0. The van der Waals surface area contributed by atoms with Crippen molar-refractivity contribution in [2.24, 2.45) is 5.73 Å². The van der Waals surface area contributed by atoms with Gasteiger partial charge in [0.15, 0.2) is 0 Å². The van der Waals surface area contributed by atoms with Crippen molar-refractivity contribution in [1.29, 1.82) is 0 Å². The molecule has 0 aliphatic carbocycles. The van der Waals surface area contributed by atoms with Crippen LogP contribution >= 0.6 is 22.9 Å². The third-order valence-electron chi connectivity index (χ3n) is 2.80. The van der Waals surface area contributed by atoms with Crippen LogP contribution in [0.3, 0.4) is 0 Å². The summed E-state index contributed by atoms with van der Waals surface area (Å²) in [5.41, 5.74) is 6.88. The maximum atomic E-state index is 13.6. The zero-order chi connectivity index (χ0) is 15.2. The first-order valence-electron chi connectivity index (χ1n) is 6.48. The van der Waals surface area contributed by atoms with Crippen molar-refractivity contribution in [3.63, 3.8) is 0 Å². The lowest BCUT2D eigenvalue weighted by molar-refractivity contribution is 0.321. The van der Waals surface area contributed by atoms with E-state index in [0.29, 0.717) is 12.1 Å². The van der Waals surface area contributed by atoms with Gasteiger partial charge in [0.05, 0.1) is 10.9 Å². The van der Waals surface area contributed by atoms with E-state index in [0.717, 1.165) is 16.4 Å². The van der Waals surface area contributed by atoms with Gasteiger partial charge in [0.25, 0.3) is 0 Å². The average molecular weight is 323 g/mol. The molecule has 2 N–H and O–H groups in total. The Morgan fingerprint density at radius 3 is 2.76 bits per heavy atom. The Hall–Kier alpha value is -1.38. The van der Waals surface area contributed by atoms with Crippen LogP contribution in [-0.2, 0) is 13.1 Å². The van der Waals surface area contributed by atoms with Gasteiger partial charge in [-0.15, -0.1) is 11.3 Å². The van der Waals surface area contributed by atoms with Crippen molar-refractivity contribution in [2.45, 2.75) is 13.1 Å². The second-order valence-electron chi connectivity index (χ2n) is 4.73. The molecule has 110 valence electrons. The SMILES string of the molecule is CN(Cc1cc(F)cc(C#CCN)c1)Cc1ccc(Cl)s1. The van der Waals surface area contributed by atoms with Gasteiger partial charge in [-0.25, -0.2) is 4.39 Å². The van der Waals surface area contributed by atoms with Gasteiger partial charge in [0.2, 0.25) is 0 Å². The first-order valence-corrected chi connectivity index (χ1v) is 7.67. The summed E-state index contributed by atoms with van der Waals surface area (Å²) in [6.45, 7) is 1.69. The van der Waals surface area contributed by atoms with Gasteiger partial charge < -0.3 is 5.73 Å². The molecule has 0 saturated heterocycles. The molecule has 0 fully saturated rings. The van der Waals surface area contributed by atoms with Gasteiger partial charge in [-0.05, 0) is 42.9 Å². The highest BCUT2D eigenvalue weighted by Crippen LogP contribution is 2.23. The Balaban J connectivity index is 2.06. The van der Waals surface area contributed by atoms with E-state index in [1.165, 1.54) is 17.0 Å². The molecule has 2 rings (SSSR count). The molecule has 1 aromatic heterocycles. The summed E-state index contributed by atoms with van der Waals surface area (Å²) in [6, 6.07) is 8.74. The third-order valence-corrected chi connectivity index (χ3v) is 4.02. The highest BCUT2D eigenvalue weighted by Gasteiger charge is 2.06. The van der Waals surface area contributed by atoms with Crippen LogP contribution in [0.25, 0.3) is 0 Å². The number of hydrogen-bond acceptors (Lipinski definition) is 3. The standard InChI is InChI=1S/C16H16ClFN2S/c1-20(11-15-4-5-16(17)21-15)10-13-7-12(3-2-6-19)8-14(18)9-13/h4-5,7-9H,6,10-11,19H2,1H3. The fourth-order valence-corrected chi connectivity index (χ4v) is 3.21. The van der Waals surface area contributed by atoms with Crippen LogP contribution in [0.5, 0.6) is 0 Å². The fraction of sp³-hybridized carbons (Fsp3) is 0.250. The largest absolute Gasteiger partial charge is 0.320 e. The number of halogens is 2. The molecule has 21 heavy (non-hydrogen) atoms. The smallest absolute Gasteiger partial charge is 0.124 e. The maximum Gasteiger partial charge on any atom is 0.124 e. The molecule has 5 heteroatoms. The van der Waals surface area contributed by atoms with Gasteiger partial charge in [0.1, 0.15) is 5.82 Å². The minimum atomic E-state index is -0.276. The lowest BCUT2D eigenvalue weighted by Crippen LogP contribution is -2.16. The highest BCUT2D eigenvalue weighted by molar-refractivity contribution is 7.16. The Bertz CT molecular complexity index is 672. The van der Waals surface area contributed by atoms with E-state index in [-0.39, 0.29) is 12.4 Å². The van der Waals surface area contributed by atoms with Crippen molar-refractivity contribution in [3.8, 4) is 11.8 Å². The molecule has 0 atom stereocenters. The second-order valence-corrected chi connectivity index (χ2v) is 6.53. The topological polar surface area (TPSA) is 29.3 Å². The molecule has 0 aliphatic heterocycles. The third kappa shape index (κ3) is 5.14. The van der Waals surface area contributed by atoms with E-state index in [4.69, 9.17) is 17.3 Å². The van der Waals surface area contributed by atoms with E-state index in [9.17, 15) is 4.39 Å². The number of thiophene rings is 1. The monoisotopic (exact) mass is 322 g/mol. The molecule has 0 radical (unpaired) electrons. The summed E-state index contributed by atoms with van der Waals surface area (Å²) in [4.78, 5) is 3.29. The minimum absolute atomic E-state index is 0.269. The molecular formula is C16H16ClFN2S. The van der Waals surface area contributed by atoms with Gasteiger partial charge in [-0.3, -0.25) is 4.90 Å². The quantitative estimate of drug-likeness (QED) is 0.873. The maximum absolute atomic E-state index is 13.6. The zero-order valence-electron chi connectivity index (χ0n) is 11.7. The van der Waals surface area contributed by atoms with Crippen LogP contribution in [0.15, 0.2) is 30.3 Å². The van der Waals surface area contributed by atoms with Crippen molar-refractivity contribution in [1.82, 2.24) is 4.90 Å². The predicted octanol–water partition coefficient (Wildman–Crippen LogP) is 3.48. The van der Waals surface area contributed by atoms with Gasteiger partial charge in [-0.1, -0.05) is 23.4 Å². The molecule has 1 heterocycles. The minimum Gasteiger partial charge on any atom is -0.320 e. The highest BCUT2D eigenvalue weighted by atomic mass is 35.5. The lowest BCUT2D eigenvalue weighted by atomic mass is 10.1. The summed E-state index contributed by atoms with van der Waals surface area (Å²) in [5, 5.41) is 0. The van der Waals surface area contributed by atoms with Crippen molar-refractivity contribution < 1.29 is 4.39 Å². The first-order chi connectivity index (χ1) is 10.1. The Labute approximate surface area is 133 Å². The van der Waals surface area contributed by atoms with Crippen LogP contribution in [0.2, 0.25) is 4.34 Å². The Morgan fingerprint density at radius 1 is 1.29 bits per heavy atom. The van der Waals surface area contributed by atoms with E-state index in [2.05, 4.69) is 16.7 Å². The average Bonchev–Trinajstić information content (AvgIpc) is 2.80. The number of nitrogens with two attached hydrogens (primary N) is 1. The molecule has 0 spiro atoms. The Kier molecular flexibility index (Phi) is 5.77. The van der Waals surface area contributed by atoms with Gasteiger partial charge in [0, 0.05) is 23.5 Å². The second kappa shape index (κ2) is 7.58. The summed E-state index contributed by atoms with van der Waals surface area (Å²) in [5.74, 6) is 5.33. The molecule has 0 amide bonds. The van der Waals surface area contributed by atoms with E-state index < -0.39 is 0 Å². The molecule has 0 bridgehead atoms. The molecule has 2 aromatic rings. The van der Waals surface area contributed by atoms with Crippen LogP contribution in [-0.4, -0.2) is 18.5 Å². The molecule has 0 saturated carbocycles.